The smallest absolute Gasteiger partial charge is 0.404 e. The quantitative estimate of drug-likeness (QED) is 0.765. The maximum absolute atomic E-state index is 10.5. The Hall–Kier alpha value is -2.82. The van der Waals surface area contributed by atoms with Crippen LogP contribution in [0.5, 0.6) is 0 Å². The first-order valence-corrected chi connectivity index (χ1v) is 9.02. The van der Waals surface area contributed by atoms with Crippen molar-refractivity contribution in [1.29, 1.82) is 0 Å². The highest BCUT2D eigenvalue weighted by Crippen LogP contribution is 2.19. The van der Waals surface area contributed by atoms with Crippen LogP contribution < -0.4 is 5.73 Å². The second-order valence-electron chi connectivity index (χ2n) is 6.93. The molecule has 1 saturated heterocycles. The van der Waals surface area contributed by atoms with Crippen LogP contribution in [0.2, 0.25) is 0 Å². The van der Waals surface area contributed by atoms with E-state index in [4.69, 9.17) is 10.5 Å². The van der Waals surface area contributed by atoms with Crippen molar-refractivity contribution in [2.45, 2.75) is 34.3 Å². The number of carbonyl (C=O) groups excluding carboxylic acids is 2. The number of cyclic esters (lactones) is 1. The average Bonchev–Trinajstić information content (AvgIpc) is 2.66. The van der Waals surface area contributed by atoms with E-state index < -0.39 is 6.09 Å². The van der Waals surface area contributed by atoms with Gasteiger partial charge in [0.1, 0.15) is 13.2 Å². The van der Waals surface area contributed by atoms with Crippen molar-refractivity contribution in [2.75, 3.05) is 6.61 Å². The summed E-state index contributed by atoms with van der Waals surface area (Å²) in [6.07, 6.45) is -0.753. The molecule has 1 atom stereocenters. The maximum atomic E-state index is 10.5. The molecule has 0 unspecified atom stereocenters. The fraction of sp³-hybridized carbons (Fsp3) is 0.364. The summed E-state index contributed by atoms with van der Waals surface area (Å²) in [5.74, 6) is 0.944. The molecule has 1 fully saturated rings. The van der Waals surface area contributed by atoms with Crippen LogP contribution in [-0.4, -0.2) is 18.7 Å². The van der Waals surface area contributed by atoms with Gasteiger partial charge >= 0.3 is 12.1 Å². The van der Waals surface area contributed by atoms with Crippen LogP contribution >= 0.6 is 0 Å². The van der Waals surface area contributed by atoms with Crippen molar-refractivity contribution < 1.29 is 20.5 Å². The molecule has 3 rings (SSSR count). The summed E-state index contributed by atoms with van der Waals surface area (Å²) in [5, 5.41) is 0. The molecule has 2 N–H and O–H groups in total. The van der Waals surface area contributed by atoms with Crippen molar-refractivity contribution in [3.63, 3.8) is 0 Å². The first-order valence-electron chi connectivity index (χ1n) is 9.02. The number of hydrogen-bond acceptors (Lipinski definition) is 4. The number of ether oxygens (including phenoxy) is 2. The molecule has 0 radical (unpaired) electrons. The van der Waals surface area contributed by atoms with Crippen LogP contribution in [0.1, 0.15) is 34.7 Å². The van der Waals surface area contributed by atoms with Crippen LogP contribution in [0.25, 0.3) is 11.1 Å². The third-order valence-corrected chi connectivity index (χ3v) is 3.32. The van der Waals surface area contributed by atoms with Crippen LogP contribution in [0, 0.1) is 11.8 Å². The Morgan fingerprint density at radius 1 is 1.11 bits per heavy atom. The molecule has 1 heterocycles. The maximum Gasteiger partial charge on any atom is 0.404 e. The zero-order valence-corrected chi connectivity index (χ0v) is 16.5. The molecule has 1 aliphatic rings. The first kappa shape index (κ1) is 22.2. The van der Waals surface area contributed by atoms with E-state index >= 15 is 0 Å². The number of esters is 1. The molecule has 5 heteroatoms. The molecule has 148 valence electrons. The van der Waals surface area contributed by atoms with Gasteiger partial charge in [-0.3, -0.25) is 4.79 Å². The van der Waals surface area contributed by atoms with Crippen LogP contribution in [0.3, 0.4) is 0 Å². The highest BCUT2D eigenvalue weighted by molar-refractivity contribution is 5.76. The largest absolute Gasteiger partial charge is 0.464 e. The summed E-state index contributed by atoms with van der Waals surface area (Å²) in [7, 11) is 0. The van der Waals surface area contributed by atoms with Gasteiger partial charge in [0.15, 0.2) is 0 Å². The van der Waals surface area contributed by atoms with Crippen LogP contribution in [-0.2, 0) is 20.9 Å². The van der Waals surface area contributed by atoms with Gasteiger partial charge in [0.05, 0.1) is 5.92 Å². The topological polar surface area (TPSA) is 78.6 Å². The summed E-state index contributed by atoms with van der Waals surface area (Å²) in [6.45, 7) is 9.19. The molecule has 0 spiro atoms. The van der Waals surface area contributed by atoms with Crippen molar-refractivity contribution in [1.82, 2.24) is 0 Å². The fourth-order valence-electron chi connectivity index (χ4n) is 1.90. The van der Waals surface area contributed by atoms with Gasteiger partial charge < -0.3 is 15.2 Å². The molecule has 0 aromatic heterocycles. The Balaban J connectivity index is 0.000000549. The molecule has 2 aromatic rings. The molecule has 1 aliphatic heterocycles. The predicted molar refractivity (Wildman–Crippen MR) is 109 cm³/mol. The van der Waals surface area contributed by atoms with E-state index in [1.807, 2.05) is 49.4 Å². The number of benzene rings is 2. The highest BCUT2D eigenvalue weighted by atomic mass is 16.6. The second-order valence-corrected chi connectivity index (χ2v) is 6.93. The third-order valence-electron chi connectivity index (χ3n) is 3.32. The van der Waals surface area contributed by atoms with E-state index in [1.165, 1.54) is 0 Å². The van der Waals surface area contributed by atoms with Crippen LogP contribution in [0.4, 0.5) is 4.79 Å². The summed E-state index contributed by atoms with van der Waals surface area (Å²) < 4.78 is 9.12. The normalized spacial score (nSPS) is 14.6. The van der Waals surface area contributed by atoms with Gasteiger partial charge in [-0.2, -0.15) is 0 Å². The van der Waals surface area contributed by atoms with Gasteiger partial charge in [0.2, 0.25) is 0 Å². The van der Waals surface area contributed by atoms with Gasteiger partial charge in [0, 0.05) is 1.43 Å². The zero-order valence-electron chi connectivity index (χ0n) is 16.5. The SMILES string of the molecule is CC(C)C.C[C@@H]1COC1=O.NC(=O)OCc1ccc(-c2ccccc2)cc1.[HH]. The summed E-state index contributed by atoms with van der Waals surface area (Å²) in [5.41, 5.74) is 8.11. The van der Waals surface area contributed by atoms with E-state index in [2.05, 4.69) is 37.6 Å². The lowest BCUT2D eigenvalue weighted by Gasteiger charge is -2.19. The third kappa shape index (κ3) is 9.45. The van der Waals surface area contributed by atoms with Crippen LogP contribution in [0.15, 0.2) is 54.6 Å². The summed E-state index contributed by atoms with van der Waals surface area (Å²) in [4.78, 5) is 20.5. The standard InChI is InChI=1S/C14H13NO2.C4H6O2.C4H10.H2/c15-14(16)17-10-11-6-8-13(9-7-11)12-4-2-1-3-5-12;1-3-2-6-4(3)5;1-4(2)3;/h1-9H,10H2,(H2,15,16);3H,2H2,1H3;4H,1-3H3;1H/t;3-;;/m.1../s1. The van der Waals surface area contributed by atoms with E-state index in [0.717, 1.165) is 22.6 Å². The monoisotopic (exact) mass is 373 g/mol. The Bertz CT molecular complexity index is 699. The number of nitrogens with two attached hydrogens (primary N) is 1. The second kappa shape index (κ2) is 11.7. The lowest BCUT2D eigenvalue weighted by Crippen LogP contribution is -2.31. The van der Waals surface area contributed by atoms with Gasteiger partial charge in [-0.05, 0) is 29.5 Å². The van der Waals surface area contributed by atoms with Gasteiger partial charge in [0.25, 0.3) is 0 Å². The molecule has 0 aliphatic carbocycles. The Kier molecular flexibility index (Phi) is 9.65. The van der Waals surface area contributed by atoms with Gasteiger partial charge in [-0.25, -0.2) is 4.79 Å². The Morgan fingerprint density at radius 2 is 1.59 bits per heavy atom. The number of hydrogen-bond donors (Lipinski definition) is 1. The van der Waals surface area contributed by atoms with E-state index in [-0.39, 0.29) is 19.9 Å². The lowest BCUT2D eigenvalue weighted by atomic mass is 10.0. The molecule has 0 saturated carbocycles. The number of primary amides is 1. The minimum atomic E-state index is -0.753. The van der Waals surface area contributed by atoms with Gasteiger partial charge in [-0.1, -0.05) is 75.4 Å². The lowest BCUT2D eigenvalue weighted by molar-refractivity contribution is -0.166. The predicted octanol–water partition coefficient (Wildman–Crippen LogP) is 5.04. The molecule has 2 aromatic carbocycles. The first-order chi connectivity index (χ1) is 12.8. The molecular formula is C22H31NO4. The number of amides is 1. The molecule has 5 nitrogen and oxygen atoms in total. The Morgan fingerprint density at radius 3 is 1.96 bits per heavy atom. The summed E-state index contributed by atoms with van der Waals surface area (Å²) in [6, 6.07) is 17.9. The van der Waals surface area contributed by atoms with Crippen molar-refractivity contribution >= 4 is 12.1 Å². The van der Waals surface area contributed by atoms with E-state index in [1.54, 1.807) is 0 Å². The number of carbonyl (C=O) groups is 2. The zero-order chi connectivity index (χ0) is 20.2. The average molecular weight is 373 g/mol. The van der Waals surface area contributed by atoms with Crippen molar-refractivity contribution in [3.8, 4) is 11.1 Å². The molecule has 0 bridgehead atoms. The number of rotatable bonds is 3. The molecular weight excluding hydrogens is 342 g/mol. The molecule has 27 heavy (non-hydrogen) atoms. The fourth-order valence-corrected chi connectivity index (χ4v) is 1.90. The van der Waals surface area contributed by atoms with Gasteiger partial charge in [-0.15, -0.1) is 0 Å². The minimum absolute atomic E-state index is 0. The minimum Gasteiger partial charge on any atom is -0.464 e. The molecule has 1 amide bonds. The van der Waals surface area contributed by atoms with Crippen molar-refractivity contribution in [2.24, 2.45) is 17.6 Å². The van der Waals surface area contributed by atoms with E-state index in [0.29, 0.717) is 6.61 Å². The Labute approximate surface area is 163 Å². The summed E-state index contributed by atoms with van der Waals surface area (Å²) >= 11 is 0. The van der Waals surface area contributed by atoms with E-state index in [9.17, 15) is 9.59 Å². The highest BCUT2D eigenvalue weighted by Gasteiger charge is 2.24. The van der Waals surface area contributed by atoms with Crippen molar-refractivity contribution in [3.05, 3.63) is 60.2 Å².